The molecule has 0 saturated carbocycles. The van der Waals surface area contributed by atoms with E-state index in [4.69, 9.17) is 0 Å². The molecular weight excluding hydrogens is 533 g/mol. The Morgan fingerprint density at radius 2 is 1.69 bits per heavy atom. The second-order valence-corrected chi connectivity index (χ2v) is 11.4. The summed E-state index contributed by atoms with van der Waals surface area (Å²) in [6, 6.07) is 11.5. The fourth-order valence-corrected chi connectivity index (χ4v) is 5.23. The van der Waals surface area contributed by atoms with E-state index in [0.29, 0.717) is 49.2 Å². The quantitative estimate of drug-likeness (QED) is 0.424. The van der Waals surface area contributed by atoms with E-state index < -0.39 is 21.6 Å². The molecule has 4 rings (SSSR count). The molecule has 1 amide bonds. The van der Waals surface area contributed by atoms with Crippen molar-refractivity contribution in [2.75, 3.05) is 36.1 Å². The SMILES string of the molecule is CCS(=O)(=O)c1ccc(-c2nc(NC)nc(N3CCC(C(=O)NCc4ccccc4C(F)(F)F)CC3)n2)cc1. The summed E-state index contributed by atoms with van der Waals surface area (Å²) in [6.07, 6.45) is -3.53. The van der Waals surface area contributed by atoms with Gasteiger partial charge in [0, 0.05) is 38.2 Å². The van der Waals surface area contributed by atoms with Gasteiger partial charge in [0.15, 0.2) is 15.7 Å². The van der Waals surface area contributed by atoms with Crippen molar-refractivity contribution in [3.8, 4) is 11.4 Å². The minimum Gasteiger partial charge on any atom is -0.357 e. The Morgan fingerprint density at radius 1 is 1.03 bits per heavy atom. The number of alkyl halides is 3. The van der Waals surface area contributed by atoms with Crippen molar-refractivity contribution in [1.82, 2.24) is 20.3 Å². The fraction of sp³-hybridized carbons (Fsp3) is 0.385. The van der Waals surface area contributed by atoms with Crippen LogP contribution in [0.2, 0.25) is 0 Å². The summed E-state index contributed by atoms with van der Waals surface area (Å²) in [7, 11) is -1.66. The van der Waals surface area contributed by atoms with Gasteiger partial charge < -0.3 is 15.5 Å². The highest BCUT2D eigenvalue weighted by Gasteiger charge is 2.33. The van der Waals surface area contributed by atoms with Crippen molar-refractivity contribution in [3.05, 3.63) is 59.7 Å². The van der Waals surface area contributed by atoms with Gasteiger partial charge in [0.05, 0.1) is 16.2 Å². The van der Waals surface area contributed by atoms with E-state index in [9.17, 15) is 26.4 Å². The molecule has 0 radical (unpaired) electrons. The molecule has 1 aliphatic rings. The molecule has 1 aliphatic heterocycles. The van der Waals surface area contributed by atoms with Gasteiger partial charge in [0.25, 0.3) is 0 Å². The van der Waals surface area contributed by atoms with Crippen molar-refractivity contribution in [2.24, 2.45) is 5.92 Å². The summed E-state index contributed by atoms with van der Waals surface area (Å²) < 4.78 is 64.0. The molecule has 2 aromatic carbocycles. The van der Waals surface area contributed by atoms with Gasteiger partial charge >= 0.3 is 6.18 Å². The van der Waals surface area contributed by atoms with Gasteiger partial charge in [-0.1, -0.05) is 25.1 Å². The van der Waals surface area contributed by atoms with Gasteiger partial charge in [0.2, 0.25) is 17.8 Å². The van der Waals surface area contributed by atoms with E-state index >= 15 is 0 Å². The molecule has 0 bridgehead atoms. The number of carbonyl (C=O) groups is 1. The average Bonchev–Trinajstić information content (AvgIpc) is 2.95. The first-order chi connectivity index (χ1) is 18.5. The van der Waals surface area contributed by atoms with Crippen LogP contribution in [-0.4, -0.2) is 55.2 Å². The molecule has 3 aromatic rings. The summed E-state index contributed by atoms with van der Waals surface area (Å²) in [6.45, 7) is 2.32. The molecule has 1 saturated heterocycles. The number of hydrogen-bond donors (Lipinski definition) is 2. The minimum atomic E-state index is -4.49. The van der Waals surface area contributed by atoms with Crippen LogP contribution in [0.15, 0.2) is 53.4 Å². The second kappa shape index (κ2) is 11.6. The van der Waals surface area contributed by atoms with Crippen molar-refractivity contribution in [3.63, 3.8) is 0 Å². The fourth-order valence-electron chi connectivity index (χ4n) is 4.34. The first-order valence-electron chi connectivity index (χ1n) is 12.5. The van der Waals surface area contributed by atoms with E-state index in [1.165, 1.54) is 30.3 Å². The summed E-state index contributed by atoms with van der Waals surface area (Å²) in [5, 5.41) is 5.56. The van der Waals surface area contributed by atoms with Crippen LogP contribution >= 0.6 is 0 Å². The zero-order chi connectivity index (χ0) is 28.2. The second-order valence-electron chi connectivity index (χ2n) is 9.09. The summed E-state index contributed by atoms with van der Waals surface area (Å²) >= 11 is 0. The Bertz CT molecular complexity index is 1420. The molecule has 1 fully saturated rings. The molecule has 0 unspecified atom stereocenters. The van der Waals surface area contributed by atoms with Gasteiger partial charge in [-0.05, 0) is 48.7 Å². The Kier molecular flexibility index (Phi) is 8.38. The molecule has 0 aliphatic carbocycles. The number of halogens is 3. The van der Waals surface area contributed by atoms with Crippen molar-refractivity contribution < 1.29 is 26.4 Å². The number of benzene rings is 2. The molecule has 0 spiro atoms. The zero-order valence-corrected chi connectivity index (χ0v) is 22.3. The van der Waals surface area contributed by atoms with Crippen LogP contribution < -0.4 is 15.5 Å². The molecule has 208 valence electrons. The van der Waals surface area contributed by atoms with Gasteiger partial charge in [-0.3, -0.25) is 4.79 Å². The number of aromatic nitrogens is 3. The monoisotopic (exact) mass is 562 g/mol. The largest absolute Gasteiger partial charge is 0.416 e. The maximum atomic E-state index is 13.2. The van der Waals surface area contributed by atoms with Gasteiger partial charge in [0.1, 0.15) is 0 Å². The van der Waals surface area contributed by atoms with Crippen LogP contribution in [0.3, 0.4) is 0 Å². The smallest absolute Gasteiger partial charge is 0.357 e. The molecule has 39 heavy (non-hydrogen) atoms. The first kappa shape index (κ1) is 28.3. The number of carbonyl (C=O) groups excluding carboxylic acids is 1. The van der Waals surface area contributed by atoms with E-state index in [0.717, 1.165) is 6.07 Å². The highest BCUT2D eigenvalue weighted by atomic mass is 32.2. The van der Waals surface area contributed by atoms with Crippen LogP contribution in [0, 0.1) is 5.92 Å². The van der Waals surface area contributed by atoms with Crippen molar-refractivity contribution in [2.45, 2.75) is 37.4 Å². The third-order valence-corrected chi connectivity index (χ3v) is 8.37. The van der Waals surface area contributed by atoms with E-state index in [1.807, 2.05) is 4.90 Å². The lowest BCUT2D eigenvalue weighted by molar-refractivity contribution is -0.138. The molecular formula is C26H29F3N6O3S. The summed E-state index contributed by atoms with van der Waals surface area (Å²) in [4.78, 5) is 28.3. The molecule has 9 nitrogen and oxygen atoms in total. The summed E-state index contributed by atoms with van der Waals surface area (Å²) in [5.74, 6) is 0.475. The standard InChI is InChI=1S/C26H29F3N6O3S/c1-3-39(37,38)20-10-8-17(9-11-20)22-32-24(30-2)34-25(33-22)35-14-12-18(13-15-35)23(36)31-16-19-6-4-5-7-21(19)26(27,28)29/h4-11,18H,3,12-16H2,1-2H3,(H,31,36)(H,30,32,33,34). The predicted octanol–water partition coefficient (Wildman–Crippen LogP) is 3.93. The number of sulfone groups is 1. The normalized spacial score (nSPS) is 14.7. The lowest BCUT2D eigenvalue weighted by Crippen LogP contribution is -2.41. The Balaban J connectivity index is 1.42. The number of piperidine rings is 1. The van der Waals surface area contributed by atoms with E-state index in [2.05, 4.69) is 25.6 Å². The van der Waals surface area contributed by atoms with Crippen LogP contribution in [0.4, 0.5) is 25.1 Å². The lowest BCUT2D eigenvalue weighted by atomic mass is 9.96. The van der Waals surface area contributed by atoms with Gasteiger partial charge in [-0.25, -0.2) is 8.42 Å². The number of amides is 1. The van der Waals surface area contributed by atoms with Crippen molar-refractivity contribution >= 4 is 27.6 Å². The topological polar surface area (TPSA) is 117 Å². The van der Waals surface area contributed by atoms with Gasteiger partial charge in [-0.15, -0.1) is 0 Å². The van der Waals surface area contributed by atoms with Crippen molar-refractivity contribution in [1.29, 1.82) is 0 Å². The number of nitrogens with zero attached hydrogens (tertiary/aromatic N) is 4. The number of hydrogen-bond acceptors (Lipinski definition) is 8. The zero-order valence-electron chi connectivity index (χ0n) is 21.5. The lowest BCUT2D eigenvalue weighted by Gasteiger charge is -2.31. The molecule has 0 atom stereocenters. The minimum absolute atomic E-state index is 0.000974. The molecule has 1 aromatic heterocycles. The Morgan fingerprint density at radius 3 is 2.31 bits per heavy atom. The van der Waals surface area contributed by atoms with Crippen LogP contribution in [0.5, 0.6) is 0 Å². The maximum Gasteiger partial charge on any atom is 0.416 e. The Labute approximate surface area is 224 Å². The maximum absolute atomic E-state index is 13.2. The third kappa shape index (κ3) is 6.64. The third-order valence-electron chi connectivity index (χ3n) is 6.62. The highest BCUT2D eigenvalue weighted by Crippen LogP contribution is 2.32. The van der Waals surface area contributed by atoms with Crippen LogP contribution in [-0.2, 0) is 27.4 Å². The average molecular weight is 563 g/mol. The van der Waals surface area contributed by atoms with E-state index in [-0.39, 0.29) is 34.6 Å². The number of anilines is 2. The van der Waals surface area contributed by atoms with Crippen LogP contribution in [0.25, 0.3) is 11.4 Å². The van der Waals surface area contributed by atoms with Crippen LogP contribution in [0.1, 0.15) is 30.9 Å². The Hall–Kier alpha value is -3.74. The molecule has 13 heteroatoms. The first-order valence-corrected chi connectivity index (χ1v) is 14.1. The number of rotatable bonds is 8. The molecule has 2 N–H and O–H groups in total. The summed E-state index contributed by atoms with van der Waals surface area (Å²) in [5.41, 5.74) is -0.111. The predicted molar refractivity (Wildman–Crippen MR) is 141 cm³/mol. The highest BCUT2D eigenvalue weighted by molar-refractivity contribution is 7.91. The van der Waals surface area contributed by atoms with Gasteiger partial charge in [-0.2, -0.15) is 28.1 Å². The number of nitrogens with one attached hydrogen (secondary N) is 2. The van der Waals surface area contributed by atoms with E-state index in [1.54, 1.807) is 26.1 Å². The molecule has 2 heterocycles.